The highest BCUT2D eigenvalue weighted by Gasteiger charge is 2.23. The van der Waals surface area contributed by atoms with E-state index in [1.54, 1.807) is 4.90 Å². The van der Waals surface area contributed by atoms with Crippen molar-refractivity contribution in [3.63, 3.8) is 0 Å². The van der Waals surface area contributed by atoms with Crippen molar-refractivity contribution in [2.75, 3.05) is 13.1 Å². The minimum atomic E-state index is -0.602. The van der Waals surface area contributed by atoms with Crippen LogP contribution < -0.4 is 4.84 Å². The summed E-state index contributed by atoms with van der Waals surface area (Å²) in [6.07, 6.45) is 4.66. The molecule has 1 amide bonds. The zero-order chi connectivity index (χ0) is 13.8. The van der Waals surface area contributed by atoms with Crippen LogP contribution in [0.5, 0.6) is 0 Å². The fourth-order valence-electron chi connectivity index (χ4n) is 1.94. The minimum Gasteiger partial charge on any atom is -0.306 e. The lowest BCUT2D eigenvalue weighted by atomic mass is 10.1. The van der Waals surface area contributed by atoms with Crippen molar-refractivity contribution in [3.05, 3.63) is 28.6 Å². The van der Waals surface area contributed by atoms with Gasteiger partial charge < -0.3 is 4.90 Å². The van der Waals surface area contributed by atoms with Crippen molar-refractivity contribution < 1.29 is 14.6 Å². The van der Waals surface area contributed by atoms with Crippen molar-refractivity contribution in [3.8, 4) is 0 Å². The maximum Gasteiger partial charge on any atom is 0.435 e. The lowest BCUT2D eigenvalue weighted by molar-refractivity contribution is -0.385. The number of carbonyl (C=O) groups excluding carboxylic acids is 1. The number of hydrogen-bond donors (Lipinski definition) is 0. The molecule has 0 saturated carbocycles. The van der Waals surface area contributed by atoms with Crippen LogP contribution in [0.4, 0.5) is 10.5 Å². The van der Waals surface area contributed by atoms with Crippen LogP contribution in [-0.2, 0) is 0 Å². The fraction of sp³-hybridized carbons (Fsp3) is 0.455. The third kappa shape index (κ3) is 2.72. The standard InChI is InChI=1S/C11H14N4O4/c1-2-9-10(15(17)18)8-12-14(9)19-11(16)13-6-4-3-5-7-13/h2,8H,1,3-7H2. The van der Waals surface area contributed by atoms with E-state index in [9.17, 15) is 14.9 Å². The summed E-state index contributed by atoms with van der Waals surface area (Å²) in [4.78, 5) is 29.4. The van der Waals surface area contributed by atoms with Crippen molar-refractivity contribution in [1.29, 1.82) is 0 Å². The van der Waals surface area contributed by atoms with Gasteiger partial charge in [-0.3, -0.25) is 15.0 Å². The molecule has 2 heterocycles. The van der Waals surface area contributed by atoms with Gasteiger partial charge in [0.1, 0.15) is 6.20 Å². The Bertz CT molecular complexity index is 505. The van der Waals surface area contributed by atoms with Crippen LogP contribution >= 0.6 is 0 Å². The third-order valence-electron chi connectivity index (χ3n) is 2.92. The summed E-state index contributed by atoms with van der Waals surface area (Å²) >= 11 is 0. The average Bonchev–Trinajstić information content (AvgIpc) is 2.82. The molecule has 0 aromatic carbocycles. The van der Waals surface area contributed by atoms with Gasteiger partial charge in [0.05, 0.1) is 4.92 Å². The molecule has 1 fully saturated rings. The first kappa shape index (κ1) is 13.1. The molecule has 1 aromatic heterocycles. The van der Waals surface area contributed by atoms with Crippen molar-refractivity contribution >= 4 is 17.9 Å². The predicted molar refractivity (Wildman–Crippen MR) is 66.4 cm³/mol. The van der Waals surface area contributed by atoms with Crippen LogP contribution in [-0.4, -0.2) is 38.9 Å². The highest BCUT2D eigenvalue weighted by atomic mass is 16.7. The summed E-state index contributed by atoms with van der Waals surface area (Å²) in [5, 5.41) is 14.4. The van der Waals surface area contributed by atoms with Crippen LogP contribution in [0.15, 0.2) is 12.8 Å². The molecule has 0 atom stereocenters. The molecule has 102 valence electrons. The summed E-state index contributed by atoms with van der Waals surface area (Å²) in [5.74, 6) is 0. The quantitative estimate of drug-likeness (QED) is 0.610. The SMILES string of the molecule is C=Cc1c([N+](=O)[O-])cnn1OC(=O)N1CCCCC1. The fourth-order valence-corrected chi connectivity index (χ4v) is 1.94. The number of rotatable bonds is 3. The van der Waals surface area contributed by atoms with Crippen LogP contribution in [0.1, 0.15) is 25.0 Å². The van der Waals surface area contributed by atoms with E-state index < -0.39 is 11.0 Å². The average molecular weight is 266 g/mol. The number of carbonyl (C=O) groups is 1. The molecule has 0 aliphatic carbocycles. The maximum atomic E-state index is 11.9. The maximum absolute atomic E-state index is 11.9. The molecular weight excluding hydrogens is 252 g/mol. The van der Waals surface area contributed by atoms with Gasteiger partial charge in [0, 0.05) is 13.1 Å². The Morgan fingerprint density at radius 2 is 2.16 bits per heavy atom. The summed E-state index contributed by atoms with van der Waals surface area (Å²) in [6, 6.07) is 0. The van der Waals surface area contributed by atoms with Crippen molar-refractivity contribution in [2.45, 2.75) is 19.3 Å². The minimum absolute atomic E-state index is 0.0513. The molecule has 0 radical (unpaired) electrons. The Kier molecular flexibility index (Phi) is 3.79. The Morgan fingerprint density at radius 1 is 1.47 bits per heavy atom. The van der Waals surface area contributed by atoms with Crippen molar-refractivity contribution in [2.24, 2.45) is 0 Å². The Labute approximate surface area is 109 Å². The number of amides is 1. The molecule has 0 unspecified atom stereocenters. The zero-order valence-corrected chi connectivity index (χ0v) is 10.3. The second kappa shape index (κ2) is 5.51. The highest BCUT2D eigenvalue weighted by molar-refractivity contribution is 5.68. The Hall–Kier alpha value is -2.38. The second-order valence-corrected chi connectivity index (χ2v) is 4.15. The van der Waals surface area contributed by atoms with Gasteiger partial charge in [-0.2, -0.15) is 0 Å². The van der Waals surface area contributed by atoms with Crippen molar-refractivity contribution in [1.82, 2.24) is 14.8 Å². The lowest BCUT2D eigenvalue weighted by Crippen LogP contribution is -2.40. The molecule has 8 nitrogen and oxygen atoms in total. The molecule has 1 aromatic rings. The molecule has 0 spiro atoms. The first-order valence-electron chi connectivity index (χ1n) is 5.95. The van der Waals surface area contributed by atoms with E-state index >= 15 is 0 Å². The van der Waals surface area contributed by atoms with E-state index in [4.69, 9.17) is 4.84 Å². The molecule has 1 aliphatic rings. The largest absolute Gasteiger partial charge is 0.435 e. The number of likely N-dealkylation sites (tertiary alicyclic amines) is 1. The van der Waals surface area contributed by atoms with Crippen LogP contribution in [0, 0.1) is 10.1 Å². The van der Waals surface area contributed by atoms with Gasteiger partial charge in [-0.25, -0.2) is 4.79 Å². The first-order valence-corrected chi connectivity index (χ1v) is 5.95. The predicted octanol–water partition coefficient (Wildman–Crippen LogP) is 1.47. The summed E-state index contributed by atoms with van der Waals surface area (Å²) in [6.45, 7) is 4.72. The highest BCUT2D eigenvalue weighted by Crippen LogP contribution is 2.18. The zero-order valence-electron chi connectivity index (χ0n) is 10.3. The molecule has 0 N–H and O–H groups in total. The van der Waals surface area contributed by atoms with Crippen LogP contribution in [0.25, 0.3) is 6.08 Å². The van der Waals surface area contributed by atoms with E-state index in [2.05, 4.69) is 11.7 Å². The third-order valence-corrected chi connectivity index (χ3v) is 2.92. The van der Waals surface area contributed by atoms with Crippen LogP contribution in [0.3, 0.4) is 0 Å². The molecule has 19 heavy (non-hydrogen) atoms. The second-order valence-electron chi connectivity index (χ2n) is 4.15. The number of piperidine rings is 1. The smallest absolute Gasteiger partial charge is 0.306 e. The lowest BCUT2D eigenvalue weighted by Gasteiger charge is -2.25. The Morgan fingerprint density at radius 3 is 2.74 bits per heavy atom. The van der Waals surface area contributed by atoms with E-state index in [1.165, 1.54) is 6.08 Å². The van der Waals surface area contributed by atoms with Gasteiger partial charge in [0.2, 0.25) is 0 Å². The first-order chi connectivity index (χ1) is 9.13. The van der Waals surface area contributed by atoms with Gasteiger partial charge in [-0.05, 0) is 25.3 Å². The molecule has 1 saturated heterocycles. The van der Waals surface area contributed by atoms with Gasteiger partial charge in [-0.15, -0.1) is 5.10 Å². The summed E-state index contributed by atoms with van der Waals surface area (Å²) in [5.41, 5.74) is -0.197. The monoisotopic (exact) mass is 266 g/mol. The van der Waals surface area contributed by atoms with Gasteiger partial charge in [0.15, 0.2) is 5.69 Å². The summed E-state index contributed by atoms with van der Waals surface area (Å²) < 4.78 is 0. The van der Waals surface area contributed by atoms with Gasteiger partial charge >= 0.3 is 11.8 Å². The molecule has 8 heteroatoms. The van der Waals surface area contributed by atoms with Gasteiger partial charge in [-0.1, -0.05) is 11.4 Å². The topological polar surface area (TPSA) is 90.5 Å². The van der Waals surface area contributed by atoms with E-state index in [0.29, 0.717) is 13.1 Å². The molecule has 2 rings (SSSR count). The van der Waals surface area contributed by atoms with E-state index in [1.807, 2.05) is 0 Å². The molecule has 1 aliphatic heterocycles. The number of aromatic nitrogens is 2. The number of nitro groups is 1. The molecular formula is C11H14N4O4. The Balaban J connectivity index is 2.12. The summed E-state index contributed by atoms with van der Waals surface area (Å²) in [7, 11) is 0. The van der Waals surface area contributed by atoms with E-state index in [-0.39, 0.29) is 11.4 Å². The van der Waals surface area contributed by atoms with Crippen LogP contribution in [0.2, 0.25) is 0 Å². The number of nitrogens with zero attached hydrogens (tertiary/aromatic N) is 4. The van der Waals surface area contributed by atoms with E-state index in [0.717, 1.165) is 30.3 Å². The normalized spacial score (nSPS) is 15.1. The van der Waals surface area contributed by atoms with Gasteiger partial charge in [0.25, 0.3) is 0 Å². The number of hydrogen-bond acceptors (Lipinski definition) is 5. The molecule has 0 bridgehead atoms.